The number of aromatic nitrogens is 2. The molecular weight excluding hydrogens is 342 g/mol. The Kier molecular flexibility index (Phi) is 3.57. The van der Waals surface area contributed by atoms with Crippen molar-refractivity contribution in [2.75, 3.05) is 18.5 Å². The number of nitrogens with one attached hydrogen (secondary N) is 1. The number of nitrogens with zero attached hydrogens (tertiary/aromatic N) is 2. The molecule has 0 bridgehead atoms. The van der Waals surface area contributed by atoms with E-state index in [2.05, 4.69) is 22.7 Å². The molecule has 0 fully saturated rings. The second-order valence-electron chi connectivity index (χ2n) is 6.56. The number of benzene rings is 1. The summed E-state index contributed by atoms with van der Waals surface area (Å²) >= 11 is 0. The molecule has 0 amide bonds. The fourth-order valence-electron chi connectivity index (χ4n) is 3.36. The second-order valence-corrected chi connectivity index (χ2v) is 6.56. The molecule has 0 aliphatic carbocycles. The van der Waals surface area contributed by atoms with Crippen molar-refractivity contribution in [2.24, 2.45) is 0 Å². The minimum absolute atomic E-state index is 0.558. The lowest BCUT2D eigenvalue weighted by Crippen LogP contribution is -2.15. The summed E-state index contributed by atoms with van der Waals surface area (Å²) in [4.78, 5) is 4.79. The van der Waals surface area contributed by atoms with Crippen LogP contribution in [-0.2, 0) is 0 Å². The Bertz CT molecular complexity index is 1140. The highest BCUT2D eigenvalue weighted by Gasteiger charge is 2.19. The van der Waals surface area contributed by atoms with Gasteiger partial charge in [0.2, 0.25) is 0 Å². The van der Waals surface area contributed by atoms with Crippen molar-refractivity contribution in [3.8, 4) is 23.0 Å². The lowest BCUT2D eigenvalue weighted by Gasteiger charge is -2.19. The molecule has 6 nitrogen and oxygen atoms in total. The van der Waals surface area contributed by atoms with Crippen LogP contribution in [0.4, 0.5) is 11.5 Å². The van der Waals surface area contributed by atoms with Gasteiger partial charge in [0.15, 0.2) is 17.3 Å². The maximum absolute atomic E-state index is 5.85. The van der Waals surface area contributed by atoms with Crippen LogP contribution in [0.5, 0.6) is 11.5 Å². The van der Waals surface area contributed by atoms with Crippen molar-refractivity contribution in [1.29, 1.82) is 0 Å². The van der Waals surface area contributed by atoms with Gasteiger partial charge in [0.25, 0.3) is 0 Å². The number of anilines is 2. The predicted molar refractivity (Wildman–Crippen MR) is 103 cm³/mol. The van der Waals surface area contributed by atoms with Gasteiger partial charge >= 0.3 is 0 Å². The maximum atomic E-state index is 5.85. The average Bonchev–Trinajstić information content (AvgIpc) is 3.26. The fourth-order valence-corrected chi connectivity index (χ4v) is 3.36. The van der Waals surface area contributed by atoms with Gasteiger partial charge in [0, 0.05) is 17.4 Å². The van der Waals surface area contributed by atoms with Crippen molar-refractivity contribution in [1.82, 2.24) is 9.38 Å². The zero-order chi connectivity index (χ0) is 18.4. The first kappa shape index (κ1) is 15.8. The average molecular weight is 361 g/mol. The van der Waals surface area contributed by atoms with Gasteiger partial charge in [-0.1, -0.05) is 6.07 Å². The molecule has 0 radical (unpaired) electrons. The molecule has 1 aliphatic rings. The van der Waals surface area contributed by atoms with E-state index in [1.54, 1.807) is 0 Å². The summed E-state index contributed by atoms with van der Waals surface area (Å²) in [6.07, 6.45) is 0. The summed E-state index contributed by atoms with van der Waals surface area (Å²) in [6, 6.07) is 15.8. The van der Waals surface area contributed by atoms with Gasteiger partial charge in [-0.05, 0) is 50.2 Å². The van der Waals surface area contributed by atoms with Gasteiger partial charge in [-0.3, -0.25) is 4.40 Å². The Morgan fingerprint density at radius 1 is 0.963 bits per heavy atom. The van der Waals surface area contributed by atoms with E-state index in [0.717, 1.165) is 51.6 Å². The van der Waals surface area contributed by atoms with E-state index in [1.807, 2.05) is 49.4 Å². The highest BCUT2D eigenvalue weighted by Crippen LogP contribution is 2.37. The number of pyridine rings is 1. The first-order valence-corrected chi connectivity index (χ1v) is 8.90. The molecule has 6 heteroatoms. The molecule has 136 valence electrons. The smallest absolute Gasteiger partial charge is 0.163 e. The van der Waals surface area contributed by atoms with Crippen molar-refractivity contribution >= 4 is 17.2 Å². The second kappa shape index (κ2) is 6.09. The number of fused-ring (bicyclic) bond motifs is 2. The molecule has 0 unspecified atom stereocenters. The third kappa shape index (κ3) is 2.70. The summed E-state index contributed by atoms with van der Waals surface area (Å²) < 4.78 is 19.3. The number of rotatable bonds is 3. The van der Waals surface area contributed by atoms with E-state index in [4.69, 9.17) is 18.9 Å². The topological polar surface area (TPSA) is 60.9 Å². The van der Waals surface area contributed by atoms with Gasteiger partial charge < -0.3 is 19.2 Å². The Balaban J connectivity index is 1.65. The van der Waals surface area contributed by atoms with Crippen LogP contribution in [0.25, 0.3) is 17.1 Å². The van der Waals surface area contributed by atoms with Crippen molar-refractivity contribution in [3.63, 3.8) is 0 Å². The zero-order valence-corrected chi connectivity index (χ0v) is 15.2. The molecular formula is C21H19N3O3. The normalized spacial score (nSPS) is 13.1. The number of hydrogen-bond acceptors (Lipinski definition) is 5. The lowest BCUT2D eigenvalue weighted by atomic mass is 10.2. The predicted octanol–water partition coefficient (Wildman–Crippen LogP) is 4.73. The number of hydrogen-bond donors (Lipinski definition) is 1. The van der Waals surface area contributed by atoms with Crippen LogP contribution in [0.2, 0.25) is 0 Å². The van der Waals surface area contributed by atoms with E-state index < -0.39 is 0 Å². The quantitative estimate of drug-likeness (QED) is 0.572. The summed E-state index contributed by atoms with van der Waals surface area (Å²) in [7, 11) is 0. The molecule has 1 N–H and O–H groups in total. The lowest BCUT2D eigenvalue weighted by molar-refractivity contribution is 0.171. The van der Waals surface area contributed by atoms with E-state index in [9.17, 15) is 0 Å². The summed E-state index contributed by atoms with van der Waals surface area (Å²) in [6.45, 7) is 5.12. The third-order valence-corrected chi connectivity index (χ3v) is 4.62. The summed E-state index contributed by atoms with van der Waals surface area (Å²) in [5, 5.41) is 3.50. The van der Waals surface area contributed by atoms with Crippen LogP contribution in [-0.4, -0.2) is 22.6 Å². The minimum Gasteiger partial charge on any atom is -0.486 e. The number of imidazole rings is 1. The third-order valence-electron chi connectivity index (χ3n) is 4.62. The maximum Gasteiger partial charge on any atom is 0.163 e. The Morgan fingerprint density at radius 2 is 1.81 bits per heavy atom. The summed E-state index contributed by atoms with van der Waals surface area (Å²) in [5.74, 6) is 3.95. The van der Waals surface area contributed by atoms with Gasteiger partial charge in [-0.2, -0.15) is 0 Å². The van der Waals surface area contributed by atoms with Crippen molar-refractivity contribution in [3.05, 3.63) is 60.0 Å². The molecule has 3 aromatic heterocycles. The summed E-state index contributed by atoms with van der Waals surface area (Å²) in [5.41, 5.74) is 3.61. The molecule has 0 saturated carbocycles. The SMILES string of the molecule is Cc1ccc(-c2nc3cccc(C)n3c2Nc2ccc3c(c2)OCCO3)o1. The highest BCUT2D eigenvalue weighted by molar-refractivity contribution is 5.78. The Labute approximate surface area is 156 Å². The van der Waals surface area contributed by atoms with Crippen molar-refractivity contribution < 1.29 is 13.9 Å². The van der Waals surface area contributed by atoms with E-state index in [0.29, 0.717) is 13.2 Å². The van der Waals surface area contributed by atoms with Gasteiger partial charge in [0.1, 0.15) is 36.1 Å². The van der Waals surface area contributed by atoms with Gasteiger partial charge in [-0.15, -0.1) is 0 Å². The van der Waals surface area contributed by atoms with Gasteiger partial charge in [-0.25, -0.2) is 4.98 Å². The molecule has 0 atom stereocenters. The molecule has 0 spiro atoms. The number of aryl methyl sites for hydroxylation is 2. The monoisotopic (exact) mass is 361 g/mol. The molecule has 5 rings (SSSR count). The molecule has 0 saturated heterocycles. The Hall–Kier alpha value is -3.41. The molecule has 27 heavy (non-hydrogen) atoms. The standard InChI is InChI=1S/C21H19N3O3/c1-13-4-3-5-19-23-20(17-8-6-14(2)27-17)21(24(13)19)22-15-7-9-16-18(12-15)26-11-10-25-16/h3-9,12,22H,10-11H2,1-2H3. The van der Waals surface area contributed by atoms with Crippen LogP contribution in [0.1, 0.15) is 11.5 Å². The van der Waals surface area contributed by atoms with E-state index >= 15 is 0 Å². The van der Waals surface area contributed by atoms with Crippen LogP contribution in [0, 0.1) is 13.8 Å². The molecule has 1 aromatic carbocycles. The number of furan rings is 1. The van der Waals surface area contributed by atoms with Crippen LogP contribution in [0.15, 0.2) is 52.9 Å². The molecule has 4 heterocycles. The first-order chi connectivity index (χ1) is 13.2. The van der Waals surface area contributed by atoms with Crippen molar-refractivity contribution in [2.45, 2.75) is 13.8 Å². The fraction of sp³-hybridized carbons (Fsp3) is 0.190. The van der Waals surface area contributed by atoms with Crippen LogP contribution >= 0.6 is 0 Å². The minimum atomic E-state index is 0.558. The highest BCUT2D eigenvalue weighted by atomic mass is 16.6. The zero-order valence-electron chi connectivity index (χ0n) is 15.2. The number of ether oxygens (including phenoxy) is 2. The largest absolute Gasteiger partial charge is 0.486 e. The molecule has 1 aliphatic heterocycles. The first-order valence-electron chi connectivity index (χ1n) is 8.90. The molecule has 4 aromatic rings. The van der Waals surface area contributed by atoms with E-state index in [-0.39, 0.29) is 0 Å². The van der Waals surface area contributed by atoms with Crippen LogP contribution in [0.3, 0.4) is 0 Å². The van der Waals surface area contributed by atoms with Crippen LogP contribution < -0.4 is 14.8 Å². The van der Waals surface area contributed by atoms with Gasteiger partial charge in [0.05, 0.1) is 0 Å². The van der Waals surface area contributed by atoms with E-state index in [1.165, 1.54) is 0 Å². The Morgan fingerprint density at radius 3 is 2.63 bits per heavy atom.